The topological polar surface area (TPSA) is 66.5 Å². The summed E-state index contributed by atoms with van der Waals surface area (Å²) in [6.45, 7) is 4.34. The van der Waals surface area contributed by atoms with Gasteiger partial charge in [-0.3, -0.25) is 9.69 Å². The summed E-state index contributed by atoms with van der Waals surface area (Å²) in [7, 11) is -3.19. The average Bonchev–Trinajstić information content (AvgIpc) is 2.49. The first kappa shape index (κ1) is 18.9. The third-order valence-electron chi connectivity index (χ3n) is 4.50. The minimum absolute atomic E-state index is 0.0234. The van der Waals surface area contributed by atoms with E-state index in [4.69, 9.17) is 0 Å². The van der Waals surface area contributed by atoms with Crippen LogP contribution in [-0.4, -0.2) is 45.1 Å². The Morgan fingerprint density at radius 3 is 2.17 bits per heavy atom. The van der Waals surface area contributed by atoms with Crippen molar-refractivity contribution in [3.8, 4) is 0 Å². The molecule has 0 aromatic heterocycles. The number of hydrogen-bond donors (Lipinski definition) is 1. The maximum absolute atomic E-state index is 12.3. The van der Waals surface area contributed by atoms with Crippen LogP contribution < -0.4 is 5.32 Å². The van der Waals surface area contributed by atoms with Gasteiger partial charge in [-0.1, -0.05) is 31.4 Å². The predicted molar refractivity (Wildman–Crippen MR) is 95.6 cm³/mol. The van der Waals surface area contributed by atoms with Crippen LogP contribution in [0.4, 0.5) is 0 Å². The normalized spacial score (nSPS) is 18.4. The maximum atomic E-state index is 12.3. The van der Waals surface area contributed by atoms with Crippen LogP contribution in [0.25, 0.3) is 0 Å². The third kappa shape index (κ3) is 5.91. The van der Waals surface area contributed by atoms with Crippen molar-refractivity contribution in [3.05, 3.63) is 29.8 Å². The predicted octanol–water partition coefficient (Wildman–Crippen LogP) is 2.53. The Labute approximate surface area is 145 Å². The molecular formula is C18H28N2O3S. The van der Waals surface area contributed by atoms with Crippen molar-refractivity contribution in [3.63, 3.8) is 0 Å². The summed E-state index contributed by atoms with van der Waals surface area (Å²) >= 11 is 0. The second-order valence-corrected chi connectivity index (χ2v) is 8.69. The van der Waals surface area contributed by atoms with Crippen molar-refractivity contribution in [2.45, 2.75) is 50.0 Å². The second-order valence-electron chi connectivity index (χ2n) is 6.67. The molecule has 1 fully saturated rings. The average molecular weight is 352 g/mol. The number of benzene rings is 1. The fourth-order valence-corrected chi connectivity index (χ4v) is 3.68. The number of hydrogen-bond acceptors (Lipinski definition) is 4. The quantitative estimate of drug-likeness (QED) is 0.884. The van der Waals surface area contributed by atoms with Crippen LogP contribution in [0.5, 0.6) is 0 Å². The number of carbonyl (C=O) groups is 1. The van der Waals surface area contributed by atoms with Gasteiger partial charge in [0.05, 0.1) is 17.5 Å². The van der Waals surface area contributed by atoms with Gasteiger partial charge < -0.3 is 5.32 Å². The van der Waals surface area contributed by atoms with Crippen LogP contribution >= 0.6 is 0 Å². The summed E-state index contributed by atoms with van der Waals surface area (Å²) in [4.78, 5) is 14.8. The SMILES string of the molecule is C[C@H](NC(=O)CN1CCCCCCC1)c1ccc(S(C)(=O)=O)cc1. The van der Waals surface area contributed by atoms with Gasteiger partial charge in [-0.2, -0.15) is 0 Å². The molecule has 1 saturated heterocycles. The number of likely N-dealkylation sites (tertiary alicyclic amines) is 1. The fraction of sp³-hybridized carbons (Fsp3) is 0.611. The largest absolute Gasteiger partial charge is 0.348 e. The van der Waals surface area contributed by atoms with E-state index in [1.165, 1.54) is 25.5 Å². The van der Waals surface area contributed by atoms with Crippen LogP contribution in [0, 0.1) is 0 Å². The summed E-state index contributed by atoms with van der Waals surface area (Å²) in [6.07, 6.45) is 7.32. The zero-order valence-electron chi connectivity index (χ0n) is 14.6. The highest BCUT2D eigenvalue weighted by molar-refractivity contribution is 7.90. The molecule has 24 heavy (non-hydrogen) atoms. The highest BCUT2D eigenvalue weighted by Crippen LogP contribution is 2.16. The highest BCUT2D eigenvalue weighted by Gasteiger charge is 2.15. The van der Waals surface area contributed by atoms with Crippen LogP contribution in [0.1, 0.15) is 50.6 Å². The van der Waals surface area contributed by atoms with Gasteiger partial charge in [0.1, 0.15) is 0 Å². The summed E-state index contributed by atoms with van der Waals surface area (Å²) in [5.74, 6) is 0.0234. The standard InChI is InChI=1S/C18H28N2O3S/c1-15(16-8-10-17(11-9-16)24(2,22)23)19-18(21)14-20-12-6-4-3-5-7-13-20/h8-11,15H,3-7,12-14H2,1-2H3,(H,19,21)/t15-/m0/s1. The van der Waals surface area contributed by atoms with Crippen molar-refractivity contribution in [2.24, 2.45) is 0 Å². The molecular weight excluding hydrogens is 324 g/mol. The van der Waals surface area contributed by atoms with E-state index in [2.05, 4.69) is 10.2 Å². The number of carbonyl (C=O) groups excluding carboxylic acids is 1. The van der Waals surface area contributed by atoms with Gasteiger partial charge in [0.2, 0.25) is 5.91 Å². The van der Waals surface area contributed by atoms with Gasteiger partial charge in [-0.15, -0.1) is 0 Å². The Morgan fingerprint density at radius 1 is 1.08 bits per heavy atom. The van der Waals surface area contributed by atoms with Crippen molar-refractivity contribution < 1.29 is 13.2 Å². The van der Waals surface area contributed by atoms with Crippen LogP contribution in [0.2, 0.25) is 0 Å². The van der Waals surface area contributed by atoms with E-state index < -0.39 is 9.84 Å². The maximum Gasteiger partial charge on any atom is 0.234 e. The van der Waals surface area contributed by atoms with Gasteiger partial charge in [0, 0.05) is 6.26 Å². The van der Waals surface area contributed by atoms with Crippen LogP contribution in [0.15, 0.2) is 29.2 Å². The number of nitrogens with zero attached hydrogens (tertiary/aromatic N) is 1. The summed E-state index contributed by atoms with van der Waals surface area (Å²) in [6, 6.07) is 6.56. The molecule has 2 rings (SSSR count). The molecule has 1 N–H and O–H groups in total. The third-order valence-corrected chi connectivity index (χ3v) is 5.63. The Morgan fingerprint density at radius 2 is 1.62 bits per heavy atom. The van der Waals surface area contributed by atoms with E-state index in [1.807, 2.05) is 6.92 Å². The molecule has 1 amide bonds. The highest BCUT2D eigenvalue weighted by atomic mass is 32.2. The van der Waals surface area contributed by atoms with Gasteiger partial charge in [-0.25, -0.2) is 8.42 Å². The molecule has 1 heterocycles. The molecule has 0 aliphatic carbocycles. The van der Waals surface area contributed by atoms with Crippen molar-refractivity contribution >= 4 is 15.7 Å². The Hall–Kier alpha value is -1.40. The molecule has 6 heteroatoms. The first-order valence-corrected chi connectivity index (χ1v) is 10.6. The molecule has 0 unspecified atom stereocenters. The van der Waals surface area contributed by atoms with Gasteiger partial charge in [0.15, 0.2) is 9.84 Å². The van der Waals surface area contributed by atoms with E-state index in [0.29, 0.717) is 11.4 Å². The number of sulfone groups is 1. The van der Waals surface area contributed by atoms with E-state index in [9.17, 15) is 13.2 Å². The first-order valence-electron chi connectivity index (χ1n) is 8.68. The molecule has 0 radical (unpaired) electrons. The van der Waals surface area contributed by atoms with E-state index >= 15 is 0 Å². The molecule has 1 aliphatic heterocycles. The molecule has 1 aromatic carbocycles. The molecule has 1 atom stereocenters. The molecule has 1 aliphatic rings. The minimum Gasteiger partial charge on any atom is -0.348 e. The zero-order chi connectivity index (χ0) is 17.6. The number of nitrogens with one attached hydrogen (secondary N) is 1. The lowest BCUT2D eigenvalue weighted by molar-refractivity contribution is -0.123. The minimum atomic E-state index is -3.19. The summed E-state index contributed by atoms with van der Waals surface area (Å²) in [5.41, 5.74) is 0.906. The van der Waals surface area contributed by atoms with Gasteiger partial charge in [0.25, 0.3) is 0 Å². The number of rotatable bonds is 5. The number of amides is 1. The molecule has 1 aromatic rings. The van der Waals surface area contributed by atoms with Crippen molar-refractivity contribution in [1.29, 1.82) is 0 Å². The Kier molecular flexibility index (Phi) is 6.80. The van der Waals surface area contributed by atoms with E-state index in [0.717, 1.165) is 31.5 Å². The monoisotopic (exact) mass is 352 g/mol. The smallest absolute Gasteiger partial charge is 0.234 e. The Balaban J connectivity index is 1.88. The van der Waals surface area contributed by atoms with E-state index in [-0.39, 0.29) is 11.9 Å². The fourth-order valence-electron chi connectivity index (χ4n) is 3.05. The molecule has 0 saturated carbocycles. The van der Waals surface area contributed by atoms with Gasteiger partial charge in [-0.05, 0) is 50.6 Å². The zero-order valence-corrected chi connectivity index (χ0v) is 15.4. The van der Waals surface area contributed by atoms with Crippen molar-refractivity contribution in [2.75, 3.05) is 25.9 Å². The van der Waals surface area contributed by atoms with Crippen LogP contribution in [0.3, 0.4) is 0 Å². The van der Waals surface area contributed by atoms with Crippen LogP contribution in [-0.2, 0) is 14.6 Å². The second kappa shape index (κ2) is 8.62. The van der Waals surface area contributed by atoms with Crippen molar-refractivity contribution in [1.82, 2.24) is 10.2 Å². The Bertz CT molecular complexity index is 633. The summed E-state index contributed by atoms with van der Waals surface area (Å²) in [5, 5.41) is 3.01. The lowest BCUT2D eigenvalue weighted by Gasteiger charge is -2.24. The molecule has 0 spiro atoms. The molecule has 5 nitrogen and oxygen atoms in total. The lowest BCUT2D eigenvalue weighted by Crippen LogP contribution is -2.39. The molecule has 134 valence electrons. The first-order chi connectivity index (χ1) is 11.4. The molecule has 0 bridgehead atoms. The van der Waals surface area contributed by atoms with E-state index in [1.54, 1.807) is 24.3 Å². The summed E-state index contributed by atoms with van der Waals surface area (Å²) < 4.78 is 23.0. The van der Waals surface area contributed by atoms with Gasteiger partial charge >= 0.3 is 0 Å². The lowest BCUT2D eigenvalue weighted by atomic mass is 10.1.